The summed E-state index contributed by atoms with van der Waals surface area (Å²) in [6, 6.07) is 0.286. The minimum atomic E-state index is -1.27. The number of likely N-dealkylation sites (tertiary alicyclic amines) is 1. The molecule has 1 fully saturated rings. The Balaban J connectivity index is 2.64. The van der Waals surface area contributed by atoms with Gasteiger partial charge in [0.2, 0.25) is 0 Å². The average Bonchev–Trinajstić information content (AvgIpc) is 2.31. The first-order chi connectivity index (χ1) is 5.43. The fraction of sp³-hybridized carbons (Fsp3) is 0.875. The minimum Gasteiger partial charge on any atom is -0.337 e. The van der Waals surface area contributed by atoms with Crippen LogP contribution in [0, 0.1) is 0 Å². The van der Waals surface area contributed by atoms with Crippen molar-refractivity contribution in [3.05, 3.63) is 0 Å². The van der Waals surface area contributed by atoms with Gasteiger partial charge in [-0.05, 0) is 26.7 Å². The van der Waals surface area contributed by atoms with Crippen molar-refractivity contribution in [1.82, 2.24) is 4.90 Å². The zero-order chi connectivity index (χ0) is 9.35. The van der Waals surface area contributed by atoms with Crippen molar-refractivity contribution in [1.29, 1.82) is 0 Å². The molecule has 1 unspecified atom stereocenters. The van der Waals surface area contributed by atoms with Crippen molar-refractivity contribution in [2.75, 3.05) is 6.54 Å². The Morgan fingerprint density at radius 2 is 2.17 bits per heavy atom. The molecule has 0 aromatic heterocycles. The van der Waals surface area contributed by atoms with Crippen LogP contribution in [0.3, 0.4) is 0 Å². The number of amides is 1. The number of hydrogen-bond donors (Lipinski definition) is 0. The van der Waals surface area contributed by atoms with Gasteiger partial charge in [0, 0.05) is 12.6 Å². The highest BCUT2D eigenvalue weighted by atomic mass is 35.5. The first-order valence-electron chi connectivity index (χ1n) is 4.12. The van der Waals surface area contributed by atoms with Crippen molar-refractivity contribution in [3.63, 3.8) is 0 Å². The lowest BCUT2D eigenvalue weighted by molar-refractivity contribution is -0.132. The van der Waals surface area contributed by atoms with E-state index in [1.165, 1.54) is 6.92 Å². The third-order valence-electron chi connectivity index (χ3n) is 2.19. The molecule has 2 nitrogen and oxygen atoms in total. The SMILES string of the molecule is CC1CCCN1C(=O)C(C)(Cl)Cl. The van der Waals surface area contributed by atoms with E-state index < -0.39 is 4.33 Å². The van der Waals surface area contributed by atoms with Crippen molar-refractivity contribution in [2.45, 2.75) is 37.1 Å². The summed E-state index contributed by atoms with van der Waals surface area (Å²) >= 11 is 11.4. The summed E-state index contributed by atoms with van der Waals surface area (Å²) < 4.78 is -1.27. The van der Waals surface area contributed by atoms with Gasteiger partial charge in [-0.1, -0.05) is 23.2 Å². The predicted molar refractivity (Wildman–Crippen MR) is 50.5 cm³/mol. The third kappa shape index (κ3) is 2.05. The normalized spacial score (nSPS) is 24.7. The lowest BCUT2D eigenvalue weighted by Gasteiger charge is -2.26. The molecule has 0 saturated carbocycles. The van der Waals surface area contributed by atoms with Gasteiger partial charge in [-0.15, -0.1) is 0 Å². The number of nitrogens with zero attached hydrogens (tertiary/aromatic N) is 1. The van der Waals surface area contributed by atoms with Crippen LogP contribution in [0.2, 0.25) is 0 Å². The molecule has 0 aromatic carbocycles. The van der Waals surface area contributed by atoms with Gasteiger partial charge in [0.05, 0.1) is 0 Å². The standard InChI is InChI=1S/C8H13Cl2NO/c1-6-4-3-5-11(6)7(12)8(2,9)10/h6H,3-5H2,1-2H3. The number of alkyl halides is 2. The Morgan fingerprint density at radius 3 is 2.50 bits per heavy atom. The highest BCUT2D eigenvalue weighted by Crippen LogP contribution is 2.27. The number of halogens is 2. The molecule has 1 amide bonds. The van der Waals surface area contributed by atoms with Crippen LogP contribution in [0.4, 0.5) is 0 Å². The minimum absolute atomic E-state index is 0.171. The number of hydrogen-bond acceptors (Lipinski definition) is 1. The van der Waals surface area contributed by atoms with Crippen LogP contribution in [-0.2, 0) is 4.79 Å². The van der Waals surface area contributed by atoms with E-state index in [1.807, 2.05) is 6.92 Å². The summed E-state index contributed by atoms with van der Waals surface area (Å²) in [7, 11) is 0. The van der Waals surface area contributed by atoms with Crippen molar-refractivity contribution in [2.24, 2.45) is 0 Å². The molecular formula is C8H13Cl2NO. The lowest BCUT2D eigenvalue weighted by atomic mass is 10.2. The molecule has 1 aliphatic heterocycles. The van der Waals surface area contributed by atoms with Crippen LogP contribution in [0.25, 0.3) is 0 Å². The molecule has 70 valence electrons. The fourth-order valence-electron chi connectivity index (χ4n) is 1.49. The van der Waals surface area contributed by atoms with Crippen LogP contribution >= 0.6 is 23.2 Å². The van der Waals surface area contributed by atoms with Crippen LogP contribution < -0.4 is 0 Å². The van der Waals surface area contributed by atoms with E-state index in [4.69, 9.17) is 23.2 Å². The first-order valence-corrected chi connectivity index (χ1v) is 4.87. The molecule has 0 aromatic rings. The van der Waals surface area contributed by atoms with Crippen LogP contribution in [-0.4, -0.2) is 27.7 Å². The Morgan fingerprint density at radius 1 is 1.58 bits per heavy atom. The summed E-state index contributed by atoms with van der Waals surface area (Å²) in [6.07, 6.45) is 2.10. The van der Waals surface area contributed by atoms with Gasteiger partial charge >= 0.3 is 0 Å². The summed E-state index contributed by atoms with van der Waals surface area (Å²) in [4.78, 5) is 13.3. The second-order valence-electron chi connectivity index (χ2n) is 3.38. The molecular weight excluding hydrogens is 197 g/mol. The molecule has 1 heterocycles. The third-order valence-corrected chi connectivity index (χ3v) is 2.51. The van der Waals surface area contributed by atoms with Crippen molar-refractivity contribution < 1.29 is 4.79 Å². The maximum atomic E-state index is 11.5. The highest BCUT2D eigenvalue weighted by molar-refractivity contribution is 6.57. The second-order valence-corrected chi connectivity index (χ2v) is 5.08. The monoisotopic (exact) mass is 209 g/mol. The van der Waals surface area contributed by atoms with Gasteiger partial charge in [0.15, 0.2) is 4.33 Å². The summed E-state index contributed by atoms with van der Waals surface area (Å²) in [5, 5.41) is 0. The molecule has 4 heteroatoms. The van der Waals surface area contributed by atoms with E-state index in [0.29, 0.717) is 0 Å². The van der Waals surface area contributed by atoms with E-state index in [-0.39, 0.29) is 11.9 Å². The number of carbonyl (C=O) groups is 1. The molecule has 1 atom stereocenters. The molecule has 1 saturated heterocycles. The molecule has 1 rings (SSSR count). The summed E-state index contributed by atoms with van der Waals surface area (Å²) in [5.74, 6) is -0.171. The molecule has 0 aliphatic carbocycles. The molecule has 0 spiro atoms. The quantitative estimate of drug-likeness (QED) is 0.607. The van der Waals surface area contributed by atoms with E-state index in [0.717, 1.165) is 19.4 Å². The highest BCUT2D eigenvalue weighted by Gasteiger charge is 2.36. The lowest BCUT2D eigenvalue weighted by Crippen LogP contribution is -2.42. The molecule has 0 bridgehead atoms. The predicted octanol–water partition coefficient (Wildman–Crippen LogP) is 2.19. The van der Waals surface area contributed by atoms with Crippen LogP contribution in [0.5, 0.6) is 0 Å². The van der Waals surface area contributed by atoms with Gasteiger partial charge < -0.3 is 4.90 Å². The Labute approximate surface area is 82.8 Å². The van der Waals surface area contributed by atoms with Gasteiger partial charge in [0.1, 0.15) is 0 Å². The topological polar surface area (TPSA) is 20.3 Å². The second kappa shape index (κ2) is 3.43. The zero-order valence-corrected chi connectivity index (χ0v) is 8.82. The molecule has 0 N–H and O–H groups in total. The van der Waals surface area contributed by atoms with Gasteiger partial charge in [-0.25, -0.2) is 0 Å². The van der Waals surface area contributed by atoms with E-state index in [1.54, 1.807) is 4.90 Å². The smallest absolute Gasteiger partial charge is 0.258 e. The van der Waals surface area contributed by atoms with E-state index >= 15 is 0 Å². The van der Waals surface area contributed by atoms with Crippen molar-refractivity contribution >= 4 is 29.1 Å². The summed E-state index contributed by atoms with van der Waals surface area (Å²) in [6.45, 7) is 4.32. The Hall–Kier alpha value is 0.0500. The maximum Gasteiger partial charge on any atom is 0.258 e. The molecule has 1 aliphatic rings. The number of rotatable bonds is 1. The first kappa shape index (κ1) is 10.1. The maximum absolute atomic E-state index is 11.5. The fourth-order valence-corrected chi connectivity index (χ4v) is 1.70. The largest absolute Gasteiger partial charge is 0.337 e. The van der Waals surface area contributed by atoms with E-state index in [9.17, 15) is 4.79 Å². The average molecular weight is 210 g/mol. The van der Waals surface area contributed by atoms with E-state index in [2.05, 4.69) is 0 Å². The van der Waals surface area contributed by atoms with Gasteiger partial charge in [0.25, 0.3) is 5.91 Å². The summed E-state index contributed by atoms with van der Waals surface area (Å²) in [5.41, 5.74) is 0. The van der Waals surface area contributed by atoms with Crippen LogP contribution in [0.15, 0.2) is 0 Å². The molecule has 12 heavy (non-hydrogen) atoms. The van der Waals surface area contributed by atoms with Crippen molar-refractivity contribution in [3.8, 4) is 0 Å². The van der Waals surface area contributed by atoms with Crippen LogP contribution in [0.1, 0.15) is 26.7 Å². The zero-order valence-electron chi connectivity index (χ0n) is 7.31. The number of carbonyl (C=O) groups excluding carboxylic acids is 1. The van der Waals surface area contributed by atoms with Gasteiger partial charge in [-0.3, -0.25) is 4.79 Å². The Kier molecular flexibility index (Phi) is 2.89. The van der Waals surface area contributed by atoms with Gasteiger partial charge in [-0.2, -0.15) is 0 Å². The Bertz CT molecular complexity index is 188. The molecule has 0 radical (unpaired) electrons.